The Hall–Kier alpha value is -0.900. The van der Waals surface area contributed by atoms with Crippen molar-refractivity contribution in [2.24, 2.45) is 0 Å². The molecule has 0 spiro atoms. The van der Waals surface area contributed by atoms with Gasteiger partial charge in [-0.15, -0.1) is 0 Å². The van der Waals surface area contributed by atoms with E-state index in [-0.39, 0.29) is 0 Å². The Morgan fingerprint density at radius 2 is 1.90 bits per heavy atom. The van der Waals surface area contributed by atoms with Crippen LogP contribution in [0.4, 0.5) is 0 Å². The number of nitrogens with zero attached hydrogens (tertiary/aromatic N) is 2. The summed E-state index contributed by atoms with van der Waals surface area (Å²) < 4.78 is 0. The first kappa shape index (κ1) is 15.0. The number of hydrogen-bond donors (Lipinski definition) is 1. The number of benzene rings is 1. The normalized spacial score (nSPS) is 28.5. The van der Waals surface area contributed by atoms with E-state index in [0.717, 1.165) is 25.2 Å². The molecule has 3 unspecified atom stereocenters. The van der Waals surface area contributed by atoms with Crippen molar-refractivity contribution in [3.05, 3.63) is 35.9 Å². The summed E-state index contributed by atoms with van der Waals surface area (Å²) in [6.45, 7) is 6.75. The minimum absolute atomic E-state index is 0.513. The Labute approximate surface area is 129 Å². The van der Waals surface area contributed by atoms with Gasteiger partial charge < -0.3 is 5.32 Å². The molecule has 0 aliphatic carbocycles. The van der Waals surface area contributed by atoms with Gasteiger partial charge in [-0.3, -0.25) is 9.80 Å². The second kappa shape index (κ2) is 6.91. The van der Waals surface area contributed by atoms with Crippen molar-refractivity contribution in [2.75, 3.05) is 33.2 Å². The molecule has 2 aliphatic heterocycles. The average molecular weight is 287 g/mol. The molecular weight excluding hydrogens is 258 g/mol. The molecule has 3 nitrogen and oxygen atoms in total. The molecule has 0 radical (unpaired) electrons. The van der Waals surface area contributed by atoms with Crippen LogP contribution >= 0.6 is 0 Å². The summed E-state index contributed by atoms with van der Waals surface area (Å²) in [7, 11) is 2.33. The molecule has 2 bridgehead atoms. The second-order valence-electron chi connectivity index (χ2n) is 6.57. The highest BCUT2D eigenvalue weighted by Crippen LogP contribution is 2.32. The minimum Gasteiger partial charge on any atom is -0.315 e. The van der Waals surface area contributed by atoms with Crippen molar-refractivity contribution in [3.63, 3.8) is 0 Å². The lowest BCUT2D eigenvalue weighted by atomic mass is 10.0. The maximum absolute atomic E-state index is 3.56. The Bertz CT molecular complexity index is 433. The molecule has 3 heteroatoms. The molecule has 2 saturated heterocycles. The molecule has 2 heterocycles. The van der Waals surface area contributed by atoms with Gasteiger partial charge in [0.25, 0.3) is 0 Å². The third-order valence-corrected chi connectivity index (χ3v) is 5.39. The molecule has 1 aromatic rings. The smallest absolute Gasteiger partial charge is 0.0473 e. The zero-order chi connectivity index (χ0) is 14.7. The maximum atomic E-state index is 3.56. The van der Waals surface area contributed by atoms with Gasteiger partial charge in [0.05, 0.1) is 0 Å². The van der Waals surface area contributed by atoms with Crippen LogP contribution < -0.4 is 5.32 Å². The third kappa shape index (κ3) is 3.31. The van der Waals surface area contributed by atoms with Crippen LogP contribution in [0.15, 0.2) is 30.3 Å². The largest absolute Gasteiger partial charge is 0.315 e. The van der Waals surface area contributed by atoms with Gasteiger partial charge in [-0.1, -0.05) is 37.3 Å². The van der Waals surface area contributed by atoms with Crippen molar-refractivity contribution < 1.29 is 0 Å². The van der Waals surface area contributed by atoms with Crippen molar-refractivity contribution in [2.45, 2.75) is 44.3 Å². The van der Waals surface area contributed by atoms with Crippen LogP contribution in [0.2, 0.25) is 0 Å². The summed E-state index contributed by atoms with van der Waals surface area (Å²) in [6, 6.07) is 13.1. The standard InChI is InChI=1S/C18H29N3/c1-3-19-13-18(15-7-5-4-6-8-15)21-12-11-16-9-10-17(14-21)20(16)2/h4-8,16-19H,3,9-14H2,1-2H3. The highest BCUT2D eigenvalue weighted by atomic mass is 15.3. The van der Waals surface area contributed by atoms with Crippen molar-refractivity contribution in [1.29, 1.82) is 0 Å². The predicted octanol–water partition coefficient (Wildman–Crippen LogP) is 2.51. The average Bonchev–Trinajstić information content (AvgIpc) is 2.75. The minimum atomic E-state index is 0.513. The van der Waals surface area contributed by atoms with Gasteiger partial charge in [-0.05, 0) is 38.4 Å². The maximum Gasteiger partial charge on any atom is 0.0473 e. The molecule has 1 aromatic carbocycles. The highest BCUT2D eigenvalue weighted by Gasteiger charge is 2.36. The van der Waals surface area contributed by atoms with Crippen molar-refractivity contribution in [1.82, 2.24) is 15.1 Å². The SMILES string of the molecule is CCNCC(c1ccccc1)N1CCC2CCC(C1)N2C. The van der Waals surface area contributed by atoms with Crippen LogP contribution in [0.1, 0.15) is 37.8 Å². The van der Waals surface area contributed by atoms with E-state index in [4.69, 9.17) is 0 Å². The van der Waals surface area contributed by atoms with E-state index in [0.29, 0.717) is 6.04 Å². The number of nitrogens with one attached hydrogen (secondary N) is 1. The summed E-state index contributed by atoms with van der Waals surface area (Å²) in [5, 5.41) is 3.56. The van der Waals surface area contributed by atoms with E-state index in [9.17, 15) is 0 Å². The zero-order valence-corrected chi connectivity index (χ0v) is 13.5. The summed E-state index contributed by atoms with van der Waals surface area (Å²) in [6.07, 6.45) is 4.10. The van der Waals surface area contributed by atoms with Crippen LogP contribution in [0, 0.1) is 0 Å². The van der Waals surface area contributed by atoms with E-state index in [1.54, 1.807) is 0 Å². The highest BCUT2D eigenvalue weighted by molar-refractivity contribution is 5.20. The summed E-state index contributed by atoms with van der Waals surface area (Å²) >= 11 is 0. The zero-order valence-electron chi connectivity index (χ0n) is 13.5. The Balaban J connectivity index is 1.76. The molecule has 116 valence electrons. The van der Waals surface area contributed by atoms with Gasteiger partial charge in [0.15, 0.2) is 0 Å². The van der Waals surface area contributed by atoms with E-state index < -0.39 is 0 Å². The molecule has 0 amide bonds. The number of likely N-dealkylation sites (tertiary alicyclic amines) is 1. The Morgan fingerprint density at radius 3 is 2.67 bits per heavy atom. The Morgan fingerprint density at radius 1 is 1.14 bits per heavy atom. The van der Waals surface area contributed by atoms with E-state index >= 15 is 0 Å². The van der Waals surface area contributed by atoms with Gasteiger partial charge in [0, 0.05) is 37.8 Å². The monoisotopic (exact) mass is 287 g/mol. The van der Waals surface area contributed by atoms with Crippen molar-refractivity contribution >= 4 is 0 Å². The molecular formula is C18H29N3. The fourth-order valence-corrected chi connectivity index (χ4v) is 4.03. The lowest BCUT2D eigenvalue weighted by Gasteiger charge is -2.34. The van der Waals surface area contributed by atoms with Crippen LogP contribution in [0.5, 0.6) is 0 Å². The number of rotatable bonds is 5. The first-order chi connectivity index (χ1) is 10.3. The van der Waals surface area contributed by atoms with Gasteiger partial charge in [0.1, 0.15) is 0 Å². The molecule has 0 saturated carbocycles. The quantitative estimate of drug-likeness (QED) is 0.898. The third-order valence-electron chi connectivity index (χ3n) is 5.39. The molecule has 0 aromatic heterocycles. The first-order valence-electron chi connectivity index (χ1n) is 8.51. The molecule has 1 N–H and O–H groups in total. The van der Waals surface area contributed by atoms with Gasteiger partial charge in [-0.25, -0.2) is 0 Å². The fraction of sp³-hybridized carbons (Fsp3) is 0.667. The van der Waals surface area contributed by atoms with Gasteiger partial charge in [-0.2, -0.15) is 0 Å². The molecule has 2 fully saturated rings. The summed E-state index contributed by atoms with van der Waals surface area (Å²) in [4.78, 5) is 5.35. The summed E-state index contributed by atoms with van der Waals surface area (Å²) in [5.41, 5.74) is 1.46. The van der Waals surface area contributed by atoms with Crippen LogP contribution in [-0.2, 0) is 0 Å². The number of likely N-dealkylation sites (N-methyl/N-ethyl adjacent to an activating group) is 2. The topological polar surface area (TPSA) is 18.5 Å². The van der Waals surface area contributed by atoms with Crippen LogP contribution in [0.25, 0.3) is 0 Å². The number of hydrogen-bond acceptors (Lipinski definition) is 3. The molecule has 3 atom stereocenters. The van der Waals surface area contributed by atoms with E-state index in [1.165, 1.54) is 37.9 Å². The van der Waals surface area contributed by atoms with Crippen molar-refractivity contribution in [3.8, 4) is 0 Å². The predicted molar refractivity (Wildman–Crippen MR) is 88.5 cm³/mol. The molecule has 2 aliphatic rings. The van der Waals surface area contributed by atoms with Gasteiger partial charge >= 0.3 is 0 Å². The van der Waals surface area contributed by atoms with E-state index in [2.05, 4.69) is 59.4 Å². The van der Waals surface area contributed by atoms with Crippen LogP contribution in [0.3, 0.4) is 0 Å². The summed E-state index contributed by atoms with van der Waals surface area (Å²) in [5.74, 6) is 0. The van der Waals surface area contributed by atoms with E-state index in [1.807, 2.05) is 0 Å². The van der Waals surface area contributed by atoms with Gasteiger partial charge in [0.2, 0.25) is 0 Å². The fourth-order valence-electron chi connectivity index (χ4n) is 4.03. The lowest BCUT2D eigenvalue weighted by Crippen LogP contribution is -2.41. The molecule has 21 heavy (non-hydrogen) atoms. The Kier molecular flexibility index (Phi) is 4.94. The first-order valence-corrected chi connectivity index (χ1v) is 8.51. The second-order valence-corrected chi connectivity index (χ2v) is 6.57. The number of fused-ring (bicyclic) bond motifs is 2. The molecule has 3 rings (SSSR count). The lowest BCUT2D eigenvalue weighted by molar-refractivity contribution is 0.169. The van der Waals surface area contributed by atoms with Crippen LogP contribution in [-0.4, -0.2) is 55.1 Å².